The highest BCUT2D eigenvalue weighted by Gasteiger charge is 2.38. The Kier molecular flexibility index (Phi) is 5.16. The normalized spacial score (nSPS) is 16.2. The van der Waals surface area contributed by atoms with Gasteiger partial charge in [-0.1, -0.05) is 119 Å². The third-order valence-electron chi connectivity index (χ3n) is 12.4. The molecule has 0 unspecified atom stereocenters. The van der Waals surface area contributed by atoms with E-state index in [9.17, 15) is 0 Å². The topological polar surface area (TPSA) is 4.93 Å². The number of fused-ring (bicyclic) bond motifs is 15. The molecule has 8 aromatic rings. The van der Waals surface area contributed by atoms with E-state index in [2.05, 4.69) is 160 Å². The second-order valence-electron chi connectivity index (χ2n) is 15.6. The minimum Gasteiger partial charge on any atom is -0.309 e. The van der Waals surface area contributed by atoms with Gasteiger partial charge in [0.2, 0.25) is 0 Å². The molecule has 0 amide bonds. The fourth-order valence-electron chi connectivity index (χ4n) is 9.95. The summed E-state index contributed by atoms with van der Waals surface area (Å²) in [4.78, 5) is 0. The molecule has 0 fully saturated rings. The summed E-state index contributed by atoms with van der Waals surface area (Å²) >= 11 is 0. The van der Waals surface area contributed by atoms with Crippen LogP contribution >= 0.6 is 0 Å². The Morgan fingerprint density at radius 1 is 0.408 bits per heavy atom. The molecule has 0 saturated carbocycles. The van der Waals surface area contributed by atoms with E-state index in [0.717, 1.165) is 12.8 Å². The van der Waals surface area contributed by atoms with Crippen LogP contribution in [0.3, 0.4) is 0 Å². The molecular weight excluding hydrogens is 591 g/mol. The Morgan fingerprint density at radius 2 is 0.898 bits per heavy atom. The lowest BCUT2D eigenvalue weighted by molar-refractivity contribution is 0.660. The molecule has 0 N–H and O–H groups in total. The molecule has 1 nitrogen and oxygen atoms in total. The van der Waals surface area contributed by atoms with E-state index in [1.807, 2.05) is 0 Å². The van der Waals surface area contributed by atoms with Gasteiger partial charge in [-0.3, -0.25) is 0 Å². The Balaban J connectivity index is 1.29. The summed E-state index contributed by atoms with van der Waals surface area (Å²) in [5.41, 5.74) is 14.8. The molecule has 234 valence electrons. The van der Waals surface area contributed by atoms with Crippen molar-refractivity contribution in [3.63, 3.8) is 0 Å². The van der Waals surface area contributed by atoms with Crippen LogP contribution in [0, 0.1) is 0 Å². The van der Waals surface area contributed by atoms with Crippen molar-refractivity contribution in [1.82, 2.24) is 4.57 Å². The van der Waals surface area contributed by atoms with E-state index in [-0.39, 0.29) is 10.8 Å². The molecule has 0 radical (unpaired) electrons. The lowest BCUT2D eigenvalue weighted by Gasteiger charge is -2.22. The van der Waals surface area contributed by atoms with E-state index in [4.69, 9.17) is 0 Å². The van der Waals surface area contributed by atoms with Crippen LogP contribution in [0.4, 0.5) is 0 Å². The van der Waals surface area contributed by atoms with Crippen LogP contribution < -0.4 is 10.4 Å². The first-order chi connectivity index (χ1) is 23.8. The van der Waals surface area contributed by atoms with E-state index < -0.39 is 0 Å². The van der Waals surface area contributed by atoms with Gasteiger partial charge in [0.25, 0.3) is 0 Å². The molecular formula is C48H37N. The third kappa shape index (κ3) is 3.41. The van der Waals surface area contributed by atoms with Gasteiger partial charge in [-0.15, -0.1) is 0 Å². The highest BCUT2D eigenvalue weighted by molar-refractivity contribution is 6.14. The SMILES string of the molecule is CC1(C)c2ccccc2-c2cc3c4cc5c(cc4n(-c4ccc6c(c4)c4c(c7ccccc76)=CCCC=4)c3cc21)C(C)(C)c1ccccc1-5. The molecule has 0 spiro atoms. The van der Waals surface area contributed by atoms with E-state index in [1.54, 1.807) is 0 Å². The van der Waals surface area contributed by atoms with Crippen molar-refractivity contribution in [2.45, 2.75) is 51.4 Å². The second-order valence-corrected chi connectivity index (χ2v) is 15.6. The van der Waals surface area contributed by atoms with E-state index >= 15 is 0 Å². The predicted octanol–water partition coefficient (Wildman–Crippen LogP) is 11.1. The van der Waals surface area contributed by atoms with Crippen LogP contribution in [0.1, 0.15) is 62.8 Å². The summed E-state index contributed by atoms with van der Waals surface area (Å²) in [6.45, 7) is 9.57. The predicted molar refractivity (Wildman–Crippen MR) is 208 cm³/mol. The van der Waals surface area contributed by atoms with Crippen molar-refractivity contribution in [3.05, 3.63) is 148 Å². The van der Waals surface area contributed by atoms with E-state index in [1.165, 1.54) is 104 Å². The molecule has 11 rings (SSSR count). The van der Waals surface area contributed by atoms with E-state index in [0.29, 0.717) is 0 Å². The molecule has 49 heavy (non-hydrogen) atoms. The van der Waals surface area contributed by atoms with Crippen LogP contribution in [0.25, 0.3) is 83.4 Å². The maximum absolute atomic E-state index is 2.58. The minimum atomic E-state index is -0.0732. The Labute approximate surface area is 286 Å². The molecule has 0 bridgehead atoms. The monoisotopic (exact) mass is 627 g/mol. The summed E-state index contributed by atoms with van der Waals surface area (Å²) in [6, 6.07) is 44.3. The molecule has 0 saturated heterocycles. The number of nitrogens with zero attached hydrogens (tertiary/aromatic N) is 1. The number of hydrogen-bond acceptors (Lipinski definition) is 0. The summed E-state index contributed by atoms with van der Waals surface area (Å²) in [5.74, 6) is 0. The molecule has 7 aromatic carbocycles. The van der Waals surface area contributed by atoms with Crippen LogP contribution in [0.15, 0.2) is 115 Å². The van der Waals surface area contributed by atoms with Crippen LogP contribution in [0.5, 0.6) is 0 Å². The molecule has 3 aliphatic rings. The quantitative estimate of drug-likeness (QED) is 0.160. The van der Waals surface area contributed by atoms with Gasteiger partial charge in [-0.25, -0.2) is 0 Å². The van der Waals surface area contributed by atoms with Crippen molar-refractivity contribution in [3.8, 4) is 27.9 Å². The van der Waals surface area contributed by atoms with Crippen molar-refractivity contribution in [2.75, 3.05) is 0 Å². The first kappa shape index (κ1) is 27.5. The highest BCUT2D eigenvalue weighted by Crippen LogP contribution is 2.54. The van der Waals surface area contributed by atoms with Gasteiger partial charge in [-0.05, 0) is 126 Å². The zero-order valence-corrected chi connectivity index (χ0v) is 28.5. The van der Waals surface area contributed by atoms with Crippen LogP contribution in [-0.2, 0) is 10.8 Å². The standard InChI is InChI=1S/C48H37N/c1-47(2)41-19-11-9-17-34(41)37-24-39-40-25-38-35-18-10-12-20-42(35)48(3,4)44(38)27-46(40)49(45(39)26-43(37)47)28-21-22-33-31-15-6-5-13-29(31)30-14-7-8-16-32(30)36(33)23-28/h5-6,9-27H,7-8H2,1-4H3. The minimum absolute atomic E-state index is 0.0732. The summed E-state index contributed by atoms with van der Waals surface area (Å²) < 4.78 is 2.58. The Hall–Kier alpha value is -5.40. The first-order valence-electron chi connectivity index (χ1n) is 17.8. The highest BCUT2D eigenvalue weighted by atomic mass is 15.0. The van der Waals surface area contributed by atoms with Crippen molar-refractivity contribution < 1.29 is 0 Å². The summed E-state index contributed by atoms with van der Waals surface area (Å²) in [6.07, 6.45) is 7.11. The van der Waals surface area contributed by atoms with Crippen LogP contribution in [-0.4, -0.2) is 4.57 Å². The molecule has 1 aromatic heterocycles. The molecule has 1 heterocycles. The number of aromatic nitrogens is 1. The second kappa shape index (κ2) is 9.18. The molecule has 0 aliphatic heterocycles. The molecule has 1 heteroatoms. The summed E-state index contributed by atoms with van der Waals surface area (Å²) in [5, 5.41) is 10.8. The smallest absolute Gasteiger partial charge is 0.0544 e. The fraction of sp³-hybridized carbons (Fsp3) is 0.167. The van der Waals surface area contributed by atoms with Gasteiger partial charge in [0, 0.05) is 27.3 Å². The maximum atomic E-state index is 2.58. The van der Waals surface area contributed by atoms with Gasteiger partial charge in [0.05, 0.1) is 11.0 Å². The number of hydrogen-bond donors (Lipinski definition) is 0. The zero-order chi connectivity index (χ0) is 32.8. The largest absolute Gasteiger partial charge is 0.309 e. The maximum Gasteiger partial charge on any atom is 0.0544 e. The fourth-order valence-corrected chi connectivity index (χ4v) is 9.95. The van der Waals surface area contributed by atoms with Crippen LogP contribution in [0.2, 0.25) is 0 Å². The number of rotatable bonds is 1. The third-order valence-corrected chi connectivity index (χ3v) is 12.4. The zero-order valence-electron chi connectivity index (χ0n) is 28.5. The van der Waals surface area contributed by atoms with Crippen molar-refractivity contribution >= 4 is 55.5 Å². The molecule has 3 aliphatic carbocycles. The van der Waals surface area contributed by atoms with Gasteiger partial charge in [-0.2, -0.15) is 0 Å². The number of benzene rings is 7. The lowest BCUT2D eigenvalue weighted by atomic mass is 9.82. The Bertz CT molecular complexity index is 2810. The average Bonchev–Trinajstić information content (AvgIpc) is 3.66. The van der Waals surface area contributed by atoms with Gasteiger partial charge >= 0.3 is 0 Å². The van der Waals surface area contributed by atoms with Gasteiger partial charge in [0.15, 0.2) is 0 Å². The lowest BCUT2D eigenvalue weighted by Crippen LogP contribution is -2.28. The van der Waals surface area contributed by atoms with Gasteiger partial charge < -0.3 is 4.57 Å². The Morgan fingerprint density at radius 3 is 1.49 bits per heavy atom. The average molecular weight is 628 g/mol. The first-order valence-corrected chi connectivity index (χ1v) is 17.8. The molecule has 0 atom stereocenters. The van der Waals surface area contributed by atoms with Crippen molar-refractivity contribution in [1.29, 1.82) is 0 Å². The van der Waals surface area contributed by atoms with Crippen molar-refractivity contribution in [2.24, 2.45) is 0 Å². The summed E-state index contributed by atoms with van der Waals surface area (Å²) in [7, 11) is 0. The van der Waals surface area contributed by atoms with Gasteiger partial charge in [0.1, 0.15) is 0 Å².